The van der Waals surface area contributed by atoms with E-state index >= 15 is 0 Å². The summed E-state index contributed by atoms with van der Waals surface area (Å²) >= 11 is 0. The van der Waals surface area contributed by atoms with E-state index in [1.165, 1.54) is 12.1 Å². The van der Waals surface area contributed by atoms with Crippen molar-refractivity contribution in [1.82, 2.24) is 0 Å². The molecule has 0 aliphatic heterocycles. The highest BCUT2D eigenvalue weighted by molar-refractivity contribution is 5.18. The van der Waals surface area contributed by atoms with Crippen molar-refractivity contribution < 1.29 is 9.13 Å². The number of ether oxygens (including phenoxy) is 1. The molecule has 0 aliphatic carbocycles. The number of hydrogen-bond acceptors (Lipinski definition) is 1. The van der Waals surface area contributed by atoms with E-state index in [0.717, 1.165) is 5.56 Å². The van der Waals surface area contributed by atoms with E-state index in [1.54, 1.807) is 12.1 Å². The molecule has 1 unspecified atom stereocenters. The Kier molecular flexibility index (Phi) is 3.27. The molecule has 0 fully saturated rings. The quantitative estimate of drug-likeness (QED) is 0.700. The first kappa shape index (κ1) is 11.2. The number of hydrogen-bond donors (Lipinski definition) is 0. The molecule has 0 saturated heterocycles. The third-order valence-corrected chi connectivity index (χ3v) is 1.87. The van der Waals surface area contributed by atoms with Crippen LogP contribution in [0.4, 0.5) is 4.39 Å². The van der Waals surface area contributed by atoms with Crippen molar-refractivity contribution in [2.75, 3.05) is 0 Å². The monoisotopic (exact) mass is 196 g/mol. The lowest BCUT2D eigenvalue weighted by Gasteiger charge is -2.25. The SMILES string of the molecule is CC(OC(C)(C)C)c1ccc(F)cc1. The van der Waals surface area contributed by atoms with Crippen molar-refractivity contribution in [3.63, 3.8) is 0 Å². The molecule has 1 rings (SSSR count). The Labute approximate surface area is 84.9 Å². The zero-order valence-electron chi connectivity index (χ0n) is 9.17. The van der Waals surface area contributed by atoms with Crippen LogP contribution in [0.3, 0.4) is 0 Å². The van der Waals surface area contributed by atoms with Gasteiger partial charge in [0.2, 0.25) is 0 Å². The van der Waals surface area contributed by atoms with Gasteiger partial charge in [0.1, 0.15) is 5.82 Å². The molecule has 1 aromatic carbocycles. The summed E-state index contributed by atoms with van der Waals surface area (Å²) in [4.78, 5) is 0. The first-order valence-electron chi connectivity index (χ1n) is 4.82. The average molecular weight is 196 g/mol. The first-order valence-corrected chi connectivity index (χ1v) is 4.82. The lowest BCUT2D eigenvalue weighted by atomic mass is 10.1. The van der Waals surface area contributed by atoms with Gasteiger partial charge in [-0.2, -0.15) is 0 Å². The fourth-order valence-electron chi connectivity index (χ4n) is 1.33. The van der Waals surface area contributed by atoms with E-state index in [4.69, 9.17) is 4.74 Å². The van der Waals surface area contributed by atoms with Crippen molar-refractivity contribution in [2.45, 2.75) is 39.4 Å². The van der Waals surface area contributed by atoms with Crippen LogP contribution in [-0.4, -0.2) is 5.60 Å². The smallest absolute Gasteiger partial charge is 0.123 e. The van der Waals surface area contributed by atoms with Crippen LogP contribution in [0.2, 0.25) is 0 Å². The Balaban J connectivity index is 2.70. The van der Waals surface area contributed by atoms with Gasteiger partial charge in [0.25, 0.3) is 0 Å². The second-order valence-corrected chi connectivity index (χ2v) is 4.42. The molecule has 0 radical (unpaired) electrons. The Morgan fingerprint density at radius 1 is 1.14 bits per heavy atom. The van der Waals surface area contributed by atoms with Crippen LogP contribution in [0.25, 0.3) is 0 Å². The lowest BCUT2D eigenvalue weighted by Crippen LogP contribution is -2.21. The van der Waals surface area contributed by atoms with Gasteiger partial charge < -0.3 is 4.74 Å². The fraction of sp³-hybridized carbons (Fsp3) is 0.500. The molecular weight excluding hydrogens is 179 g/mol. The lowest BCUT2D eigenvalue weighted by molar-refractivity contribution is -0.0529. The molecule has 0 N–H and O–H groups in total. The summed E-state index contributed by atoms with van der Waals surface area (Å²) in [7, 11) is 0. The number of rotatable bonds is 2. The largest absolute Gasteiger partial charge is 0.368 e. The molecule has 0 aromatic heterocycles. The van der Waals surface area contributed by atoms with Crippen molar-refractivity contribution >= 4 is 0 Å². The molecule has 0 heterocycles. The Hall–Kier alpha value is -0.890. The maximum atomic E-state index is 12.6. The van der Waals surface area contributed by atoms with E-state index in [-0.39, 0.29) is 17.5 Å². The topological polar surface area (TPSA) is 9.23 Å². The maximum absolute atomic E-state index is 12.6. The molecule has 1 atom stereocenters. The van der Waals surface area contributed by atoms with Crippen LogP contribution in [0, 0.1) is 5.82 Å². The Morgan fingerprint density at radius 2 is 1.64 bits per heavy atom. The maximum Gasteiger partial charge on any atom is 0.123 e. The minimum absolute atomic E-state index is 0.00407. The normalized spacial score (nSPS) is 14.1. The molecule has 0 saturated carbocycles. The van der Waals surface area contributed by atoms with Crippen molar-refractivity contribution in [1.29, 1.82) is 0 Å². The van der Waals surface area contributed by atoms with Crippen molar-refractivity contribution in [2.24, 2.45) is 0 Å². The van der Waals surface area contributed by atoms with Crippen LogP contribution < -0.4 is 0 Å². The van der Waals surface area contributed by atoms with Crippen LogP contribution in [0.5, 0.6) is 0 Å². The van der Waals surface area contributed by atoms with E-state index in [9.17, 15) is 4.39 Å². The minimum atomic E-state index is -0.211. The summed E-state index contributed by atoms with van der Waals surface area (Å²) in [5, 5.41) is 0. The van der Waals surface area contributed by atoms with Crippen LogP contribution in [0.1, 0.15) is 39.4 Å². The highest BCUT2D eigenvalue weighted by Crippen LogP contribution is 2.23. The molecule has 1 nitrogen and oxygen atoms in total. The molecule has 0 spiro atoms. The highest BCUT2D eigenvalue weighted by Gasteiger charge is 2.16. The zero-order chi connectivity index (χ0) is 10.8. The van der Waals surface area contributed by atoms with Gasteiger partial charge in [-0.3, -0.25) is 0 Å². The van der Waals surface area contributed by atoms with Gasteiger partial charge in [0.15, 0.2) is 0 Å². The summed E-state index contributed by atoms with van der Waals surface area (Å²) in [5.74, 6) is -0.211. The minimum Gasteiger partial charge on any atom is -0.368 e. The summed E-state index contributed by atoms with van der Waals surface area (Å²) in [6, 6.07) is 6.42. The standard InChI is InChI=1S/C12H17FO/c1-9(14-12(2,3)4)10-5-7-11(13)8-6-10/h5-9H,1-4H3. The van der Waals surface area contributed by atoms with E-state index in [0.29, 0.717) is 0 Å². The summed E-state index contributed by atoms with van der Waals surface area (Å²) in [5.41, 5.74) is 0.828. The molecule has 0 aliphatic rings. The summed E-state index contributed by atoms with van der Waals surface area (Å²) < 4.78 is 18.4. The van der Waals surface area contributed by atoms with Crippen LogP contribution in [0.15, 0.2) is 24.3 Å². The highest BCUT2D eigenvalue weighted by atomic mass is 19.1. The van der Waals surface area contributed by atoms with Gasteiger partial charge in [0, 0.05) is 0 Å². The molecule has 1 aromatic rings. The third-order valence-electron chi connectivity index (χ3n) is 1.87. The van der Waals surface area contributed by atoms with Crippen molar-refractivity contribution in [3.05, 3.63) is 35.6 Å². The molecule has 0 bridgehead atoms. The molecular formula is C12H17FO. The first-order chi connectivity index (χ1) is 6.38. The fourth-order valence-corrected chi connectivity index (χ4v) is 1.33. The van der Waals surface area contributed by atoms with E-state index < -0.39 is 0 Å². The Morgan fingerprint density at radius 3 is 2.07 bits per heavy atom. The van der Waals surface area contributed by atoms with Gasteiger partial charge in [-0.25, -0.2) is 4.39 Å². The van der Waals surface area contributed by atoms with Gasteiger partial charge in [-0.15, -0.1) is 0 Å². The van der Waals surface area contributed by atoms with Crippen LogP contribution >= 0.6 is 0 Å². The van der Waals surface area contributed by atoms with Gasteiger partial charge >= 0.3 is 0 Å². The Bertz CT molecular complexity index is 284. The third kappa shape index (κ3) is 3.46. The van der Waals surface area contributed by atoms with Gasteiger partial charge in [0.05, 0.1) is 11.7 Å². The second kappa shape index (κ2) is 4.09. The molecule has 2 heteroatoms. The predicted molar refractivity (Wildman–Crippen MR) is 55.7 cm³/mol. The number of halogens is 1. The number of benzene rings is 1. The summed E-state index contributed by atoms with van der Waals surface area (Å²) in [6.07, 6.45) is -0.00407. The van der Waals surface area contributed by atoms with Crippen LogP contribution in [-0.2, 0) is 4.74 Å². The van der Waals surface area contributed by atoms with E-state index in [2.05, 4.69) is 0 Å². The predicted octanol–water partition coefficient (Wildman–Crippen LogP) is 3.70. The second-order valence-electron chi connectivity index (χ2n) is 4.42. The summed E-state index contributed by atoms with van der Waals surface area (Å²) in [6.45, 7) is 7.99. The van der Waals surface area contributed by atoms with Gasteiger partial charge in [-0.05, 0) is 45.4 Å². The van der Waals surface area contributed by atoms with E-state index in [1.807, 2.05) is 27.7 Å². The zero-order valence-corrected chi connectivity index (χ0v) is 9.17. The molecule has 14 heavy (non-hydrogen) atoms. The molecule has 78 valence electrons. The van der Waals surface area contributed by atoms with Gasteiger partial charge in [-0.1, -0.05) is 12.1 Å². The molecule has 0 amide bonds. The van der Waals surface area contributed by atoms with Crippen molar-refractivity contribution in [3.8, 4) is 0 Å². The average Bonchev–Trinajstić information content (AvgIpc) is 2.02.